The molecule has 1 saturated heterocycles. The van der Waals surface area contributed by atoms with Crippen molar-refractivity contribution in [3.63, 3.8) is 0 Å². The zero-order chi connectivity index (χ0) is 24.1. The van der Waals surface area contributed by atoms with Crippen LogP contribution in [0.2, 0.25) is 0 Å². The molecule has 174 valence electrons. The summed E-state index contributed by atoms with van der Waals surface area (Å²) < 4.78 is 0. The van der Waals surface area contributed by atoms with Crippen molar-refractivity contribution in [2.75, 3.05) is 55.4 Å². The van der Waals surface area contributed by atoms with Crippen molar-refractivity contribution in [1.82, 2.24) is 9.88 Å². The second-order valence-corrected chi connectivity index (χ2v) is 8.79. The highest BCUT2D eigenvalue weighted by atomic mass is 16.1. The number of aromatic nitrogens is 1. The van der Waals surface area contributed by atoms with E-state index in [0.717, 1.165) is 49.8 Å². The zero-order valence-electron chi connectivity index (χ0n) is 20.0. The maximum Gasteiger partial charge on any atom is 0.259 e. The molecule has 1 aliphatic rings. The number of pyridine rings is 1. The smallest absolute Gasteiger partial charge is 0.259 e. The van der Waals surface area contributed by atoms with Gasteiger partial charge in [0.15, 0.2) is 0 Å². The van der Waals surface area contributed by atoms with E-state index in [1.54, 1.807) is 0 Å². The van der Waals surface area contributed by atoms with Gasteiger partial charge in [-0.25, -0.2) is 4.98 Å². The Labute approximate surface area is 201 Å². The zero-order valence-corrected chi connectivity index (χ0v) is 20.0. The van der Waals surface area contributed by atoms with Gasteiger partial charge in [-0.2, -0.15) is 5.26 Å². The lowest BCUT2D eigenvalue weighted by molar-refractivity contribution is 0.102. The molecule has 0 unspecified atom stereocenters. The molecule has 1 aromatic heterocycles. The Bertz CT molecular complexity index is 1190. The minimum Gasteiger partial charge on any atom is -0.369 e. The maximum absolute atomic E-state index is 12.9. The summed E-state index contributed by atoms with van der Waals surface area (Å²) in [5, 5.41) is 12.1. The number of aryl methyl sites for hydroxylation is 1. The van der Waals surface area contributed by atoms with Crippen molar-refractivity contribution in [3.8, 4) is 6.07 Å². The number of nitrogens with one attached hydrogen (secondary N) is 1. The largest absolute Gasteiger partial charge is 0.369 e. The van der Waals surface area contributed by atoms with Gasteiger partial charge in [0.1, 0.15) is 5.82 Å². The molecular formula is C27H30N6O. The Kier molecular flexibility index (Phi) is 7.09. The summed E-state index contributed by atoms with van der Waals surface area (Å²) in [4.78, 5) is 24.0. The van der Waals surface area contributed by atoms with E-state index in [1.807, 2.05) is 68.4 Å². The predicted molar refractivity (Wildman–Crippen MR) is 136 cm³/mol. The molecule has 4 rings (SSSR count). The van der Waals surface area contributed by atoms with Crippen LogP contribution in [0.1, 0.15) is 27.2 Å². The second kappa shape index (κ2) is 10.4. The molecule has 34 heavy (non-hydrogen) atoms. The molecule has 3 aromatic rings. The van der Waals surface area contributed by atoms with Crippen molar-refractivity contribution in [1.29, 1.82) is 5.26 Å². The minimum atomic E-state index is -0.168. The van der Waals surface area contributed by atoms with Crippen LogP contribution in [0.5, 0.6) is 0 Å². The molecule has 0 radical (unpaired) electrons. The number of hydrogen-bond acceptors (Lipinski definition) is 6. The molecule has 1 N–H and O–H groups in total. The van der Waals surface area contributed by atoms with E-state index >= 15 is 0 Å². The highest BCUT2D eigenvalue weighted by Gasteiger charge is 2.18. The monoisotopic (exact) mass is 454 g/mol. The fourth-order valence-electron chi connectivity index (χ4n) is 4.18. The van der Waals surface area contributed by atoms with Crippen molar-refractivity contribution in [2.24, 2.45) is 0 Å². The molecule has 0 aliphatic carbocycles. The van der Waals surface area contributed by atoms with Gasteiger partial charge in [0, 0.05) is 63.9 Å². The fraction of sp³-hybridized carbons (Fsp3) is 0.296. The first-order chi connectivity index (χ1) is 16.4. The Morgan fingerprint density at radius 1 is 1.06 bits per heavy atom. The van der Waals surface area contributed by atoms with E-state index in [1.165, 1.54) is 5.56 Å². The number of nitrogens with zero attached hydrogens (tertiary/aromatic N) is 5. The van der Waals surface area contributed by atoms with Gasteiger partial charge in [0.25, 0.3) is 5.91 Å². The number of benzene rings is 2. The fourth-order valence-corrected chi connectivity index (χ4v) is 4.18. The number of amides is 1. The Morgan fingerprint density at radius 2 is 1.79 bits per heavy atom. The van der Waals surface area contributed by atoms with Crippen LogP contribution in [0.4, 0.5) is 17.2 Å². The van der Waals surface area contributed by atoms with Gasteiger partial charge in [0.2, 0.25) is 0 Å². The van der Waals surface area contributed by atoms with E-state index in [0.29, 0.717) is 16.9 Å². The standard InChI is InChI=1S/C27H30N6O/c1-20-7-12-25(26(29-20)31(2)3)27(34)30-23-8-10-24(11-9-23)33-15-13-32(14-16-33)19-22-6-4-5-21(17-22)18-28/h4-12,17H,13-16,19H2,1-3H3,(H,30,34). The van der Waals surface area contributed by atoms with E-state index < -0.39 is 0 Å². The van der Waals surface area contributed by atoms with Crippen LogP contribution in [-0.4, -0.2) is 56.1 Å². The van der Waals surface area contributed by atoms with Gasteiger partial charge >= 0.3 is 0 Å². The maximum atomic E-state index is 12.9. The number of carbonyl (C=O) groups excluding carboxylic acids is 1. The summed E-state index contributed by atoms with van der Waals surface area (Å²) in [5.41, 5.74) is 5.22. The summed E-state index contributed by atoms with van der Waals surface area (Å²) in [6, 6.07) is 21.7. The molecule has 2 heterocycles. The molecule has 0 atom stereocenters. The van der Waals surface area contributed by atoms with Crippen LogP contribution in [-0.2, 0) is 6.54 Å². The van der Waals surface area contributed by atoms with Crippen LogP contribution in [0, 0.1) is 18.3 Å². The summed E-state index contributed by atoms with van der Waals surface area (Å²) in [5.74, 6) is 0.490. The van der Waals surface area contributed by atoms with Crippen molar-refractivity contribution >= 4 is 23.1 Å². The number of hydrogen-bond donors (Lipinski definition) is 1. The van der Waals surface area contributed by atoms with E-state index in [-0.39, 0.29) is 5.91 Å². The van der Waals surface area contributed by atoms with Gasteiger partial charge in [-0.15, -0.1) is 0 Å². The molecular weight excluding hydrogens is 424 g/mol. The first-order valence-corrected chi connectivity index (χ1v) is 11.5. The first kappa shape index (κ1) is 23.3. The predicted octanol–water partition coefficient (Wildman–Crippen LogP) is 3.90. The SMILES string of the molecule is Cc1ccc(C(=O)Nc2ccc(N3CCN(Cc4cccc(C#N)c4)CC3)cc2)c(N(C)C)n1. The lowest BCUT2D eigenvalue weighted by atomic mass is 10.1. The average Bonchev–Trinajstić information content (AvgIpc) is 2.85. The third kappa shape index (κ3) is 5.53. The van der Waals surface area contributed by atoms with Crippen LogP contribution in [0.3, 0.4) is 0 Å². The Morgan fingerprint density at radius 3 is 2.47 bits per heavy atom. The van der Waals surface area contributed by atoms with Crippen LogP contribution >= 0.6 is 0 Å². The topological polar surface area (TPSA) is 75.5 Å². The third-order valence-corrected chi connectivity index (χ3v) is 6.01. The molecule has 0 bridgehead atoms. The normalized spacial score (nSPS) is 13.9. The summed E-state index contributed by atoms with van der Waals surface area (Å²) in [6.07, 6.45) is 0. The highest BCUT2D eigenvalue weighted by molar-refractivity contribution is 6.07. The van der Waals surface area contributed by atoms with Gasteiger partial charge in [-0.3, -0.25) is 9.69 Å². The number of nitriles is 1. The Balaban J connectivity index is 1.34. The van der Waals surface area contributed by atoms with Gasteiger partial charge in [0.05, 0.1) is 17.2 Å². The lowest BCUT2D eigenvalue weighted by Gasteiger charge is -2.36. The van der Waals surface area contributed by atoms with Crippen LogP contribution in [0.15, 0.2) is 60.7 Å². The number of carbonyl (C=O) groups is 1. The van der Waals surface area contributed by atoms with E-state index in [9.17, 15) is 4.79 Å². The first-order valence-electron chi connectivity index (χ1n) is 11.5. The summed E-state index contributed by atoms with van der Waals surface area (Å²) >= 11 is 0. The minimum absolute atomic E-state index is 0.168. The highest BCUT2D eigenvalue weighted by Crippen LogP contribution is 2.22. The van der Waals surface area contributed by atoms with E-state index in [4.69, 9.17) is 5.26 Å². The van der Waals surface area contributed by atoms with Crippen molar-refractivity contribution in [3.05, 3.63) is 83.0 Å². The average molecular weight is 455 g/mol. The van der Waals surface area contributed by atoms with Gasteiger partial charge in [-0.1, -0.05) is 12.1 Å². The molecule has 1 aliphatic heterocycles. The molecule has 7 nitrogen and oxygen atoms in total. The molecule has 0 saturated carbocycles. The lowest BCUT2D eigenvalue weighted by Crippen LogP contribution is -2.45. The van der Waals surface area contributed by atoms with Crippen molar-refractivity contribution in [2.45, 2.75) is 13.5 Å². The van der Waals surface area contributed by atoms with Crippen LogP contribution in [0.25, 0.3) is 0 Å². The third-order valence-electron chi connectivity index (χ3n) is 6.01. The summed E-state index contributed by atoms with van der Waals surface area (Å²) in [7, 11) is 3.77. The quantitative estimate of drug-likeness (QED) is 0.609. The van der Waals surface area contributed by atoms with Crippen LogP contribution < -0.4 is 15.1 Å². The van der Waals surface area contributed by atoms with Gasteiger partial charge < -0.3 is 15.1 Å². The molecule has 0 spiro atoms. The molecule has 1 fully saturated rings. The van der Waals surface area contributed by atoms with E-state index in [2.05, 4.69) is 44.4 Å². The van der Waals surface area contributed by atoms with Crippen molar-refractivity contribution < 1.29 is 4.79 Å². The number of anilines is 3. The molecule has 1 amide bonds. The molecule has 7 heteroatoms. The summed E-state index contributed by atoms with van der Waals surface area (Å²) in [6.45, 7) is 6.57. The van der Waals surface area contributed by atoms with Gasteiger partial charge in [-0.05, 0) is 61.0 Å². The molecule has 2 aromatic carbocycles. The Hall–Kier alpha value is -3.89. The second-order valence-electron chi connectivity index (χ2n) is 8.79. The number of rotatable bonds is 6. The number of piperazine rings is 1.